The molecule has 14 heavy (non-hydrogen) atoms. The van der Waals surface area contributed by atoms with Crippen LogP contribution in [0.2, 0.25) is 0 Å². The van der Waals surface area contributed by atoms with E-state index in [4.69, 9.17) is 5.73 Å². The monoisotopic (exact) mass is 192 g/mol. The molecule has 0 spiro atoms. The molecular formula is C12H20N2. The fourth-order valence-electron chi connectivity index (χ4n) is 1.25. The van der Waals surface area contributed by atoms with Crippen molar-refractivity contribution in [1.82, 2.24) is 0 Å². The van der Waals surface area contributed by atoms with Gasteiger partial charge in [-0.2, -0.15) is 0 Å². The van der Waals surface area contributed by atoms with Crippen LogP contribution in [0.1, 0.15) is 25.8 Å². The van der Waals surface area contributed by atoms with E-state index in [0.29, 0.717) is 5.92 Å². The molecule has 2 heteroatoms. The van der Waals surface area contributed by atoms with Gasteiger partial charge in [0.15, 0.2) is 0 Å². The van der Waals surface area contributed by atoms with E-state index >= 15 is 0 Å². The van der Waals surface area contributed by atoms with E-state index in [0.717, 1.165) is 17.9 Å². The van der Waals surface area contributed by atoms with Gasteiger partial charge in [0.25, 0.3) is 0 Å². The van der Waals surface area contributed by atoms with Crippen molar-refractivity contribution in [3.63, 3.8) is 0 Å². The van der Waals surface area contributed by atoms with Gasteiger partial charge in [-0.1, -0.05) is 26.3 Å². The Bertz CT molecular complexity index is 294. The summed E-state index contributed by atoms with van der Waals surface area (Å²) in [5.74, 6) is 0.690. The predicted molar refractivity (Wildman–Crippen MR) is 63.5 cm³/mol. The molecule has 78 valence electrons. The maximum absolute atomic E-state index is 5.85. The van der Waals surface area contributed by atoms with Crippen LogP contribution in [-0.4, -0.2) is 6.54 Å². The van der Waals surface area contributed by atoms with Crippen LogP contribution in [0, 0.1) is 12.8 Å². The van der Waals surface area contributed by atoms with Crippen molar-refractivity contribution < 1.29 is 0 Å². The van der Waals surface area contributed by atoms with Gasteiger partial charge in [0.2, 0.25) is 0 Å². The molecule has 0 aromatic heterocycles. The largest absolute Gasteiger partial charge is 0.397 e. The van der Waals surface area contributed by atoms with Crippen LogP contribution in [0.3, 0.4) is 0 Å². The summed E-state index contributed by atoms with van der Waals surface area (Å²) in [7, 11) is 0. The first-order valence-electron chi connectivity index (χ1n) is 5.23. The van der Waals surface area contributed by atoms with Gasteiger partial charge in [-0.3, -0.25) is 0 Å². The fraction of sp³-hybridized carbons (Fsp3) is 0.500. The summed E-state index contributed by atoms with van der Waals surface area (Å²) in [5.41, 5.74) is 8.99. The molecule has 3 N–H and O–H groups in total. The Morgan fingerprint density at radius 3 is 2.79 bits per heavy atom. The van der Waals surface area contributed by atoms with Gasteiger partial charge in [-0.25, -0.2) is 0 Å². The zero-order chi connectivity index (χ0) is 10.6. The molecule has 1 atom stereocenters. The van der Waals surface area contributed by atoms with E-state index in [1.165, 1.54) is 12.0 Å². The molecule has 0 aliphatic heterocycles. The topological polar surface area (TPSA) is 38.0 Å². The number of hydrogen-bond donors (Lipinski definition) is 2. The highest BCUT2D eigenvalue weighted by Crippen LogP contribution is 2.19. The van der Waals surface area contributed by atoms with E-state index in [1.54, 1.807) is 0 Å². The number of nitrogens with two attached hydrogens (primary N) is 1. The number of rotatable bonds is 4. The van der Waals surface area contributed by atoms with Gasteiger partial charge in [0.1, 0.15) is 0 Å². The molecule has 0 fully saturated rings. The first-order valence-corrected chi connectivity index (χ1v) is 5.23. The van der Waals surface area contributed by atoms with Crippen LogP contribution in [0.15, 0.2) is 18.2 Å². The molecule has 0 amide bonds. The lowest BCUT2D eigenvalue weighted by Gasteiger charge is -2.13. The van der Waals surface area contributed by atoms with Crippen molar-refractivity contribution in [3.05, 3.63) is 23.8 Å². The molecular weight excluding hydrogens is 172 g/mol. The Balaban J connectivity index is 2.62. The SMILES string of the molecule is CCC(C)CNc1cc(C)ccc1N. The average Bonchev–Trinajstić information content (AvgIpc) is 2.19. The average molecular weight is 192 g/mol. The summed E-state index contributed by atoms with van der Waals surface area (Å²) >= 11 is 0. The quantitative estimate of drug-likeness (QED) is 0.720. The van der Waals surface area contributed by atoms with Gasteiger partial charge in [-0.15, -0.1) is 0 Å². The first-order chi connectivity index (χ1) is 6.63. The molecule has 0 aliphatic rings. The van der Waals surface area contributed by atoms with Crippen molar-refractivity contribution >= 4 is 11.4 Å². The van der Waals surface area contributed by atoms with Gasteiger partial charge < -0.3 is 11.1 Å². The van der Waals surface area contributed by atoms with Crippen molar-refractivity contribution in [3.8, 4) is 0 Å². The van der Waals surface area contributed by atoms with Crippen molar-refractivity contribution in [1.29, 1.82) is 0 Å². The molecule has 0 bridgehead atoms. The second-order valence-corrected chi connectivity index (χ2v) is 3.99. The number of aryl methyl sites for hydroxylation is 1. The molecule has 0 saturated carbocycles. The second-order valence-electron chi connectivity index (χ2n) is 3.99. The smallest absolute Gasteiger partial charge is 0.0576 e. The third-order valence-electron chi connectivity index (χ3n) is 2.55. The third-order valence-corrected chi connectivity index (χ3v) is 2.55. The molecule has 1 unspecified atom stereocenters. The normalized spacial score (nSPS) is 12.5. The van der Waals surface area contributed by atoms with E-state index in [9.17, 15) is 0 Å². The van der Waals surface area contributed by atoms with Crippen LogP contribution in [0.25, 0.3) is 0 Å². The van der Waals surface area contributed by atoms with Crippen LogP contribution in [0.4, 0.5) is 11.4 Å². The Morgan fingerprint density at radius 2 is 2.14 bits per heavy atom. The summed E-state index contributed by atoms with van der Waals surface area (Å²) < 4.78 is 0. The van der Waals surface area contributed by atoms with E-state index in [1.807, 2.05) is 12.1 Å². The minimum Gasteiger partial charge on any atom is -0.397 e. The van der Waals surface area contributed by atoms with Crippen LogP contribution in [-0.2, 0) is 0 Å². The molecule has 0 radical (unpaired) electrons. The minimum absolute atomic E-state index is 0.690. The van der Waals surface area contributed by atoms with Crippen LogP contribution < -0.4 is 11.1 Å². The molecule has 1 aromatic carbocycles. The molecule has 1 rings (SSSR count). The van der Waals surface area contributed by atoms with E-state index < -0.39 is 0 Å². The lowest BCUT2D eigenvalue weighted by molar-refractivity contribution is 0.593. The van der Waals surface area contributed by atoms with Gasteiger partial charge in [-0.05, 0) is 30.5 Å². The Labute approximate surface area is 86.5 Å². The summed E-state index contributed by atoms with van der Waals surface area (Å²) in [6, 6.07) is 6.08. The maximum atomic E-state index is 5.85. The molecule has 0 aliphatic carbocycles. The highest BCUT2D eigenvalue weighted by molar-refractivity contribution is 5.66. The predicted octanol–water partition coefficient (Wildman–Crippen LogP) is 3.04. The van der Waals surface area contributed by atoms with Crippen molar-refractivity contribution in [2.24, 2.45) is 5.92 Å². The highest BCUT2D eigenvalue weighted by atomic mass is 14.9. The minimum atomic E-state index is 0.690. The van der Waals surface area contributed by atoms with E-state index in [-0.39, 0.29) is 0 Å². The second kappa shape index (κ2) is 4.89. The molecule has 0 heterocycles. The highest BCUT2D eigenvalue weighted by Gasteiger charge is 2.01. The number of benzene rings is 1. The first kappa shape index (κ1) is 10.9. The van der Waals surface area contributed by atoms with Crippen molar-refractivity contribution in [2.75, 3.05) is 17.6 Å². The number of nitrogens with one attached hydrogen (secondary N) is 1. The molecule has 1 aromatic rings. The lowest BCUT2D eigenvalue weighted by atomic mass is 10.1. The summed E-state index contributed by atoms with van der Waals surface area (Å²) in [5, 5.41) is 3.38. The van der Waals surface area contributed by atoms with Gasteiger partial charge >= 0.3 is 0 Å². The summed E-state index contributed by atoms with van der Waals surface area (Å²) in [6.07, 6.45) is 1.19. The van der Waals surface area contributed by atoms with Crippen LogP contribution >= 0.6 is 0 Å². The molecule has 2 nitrogen and oxygen atoms in total. The number of anilines is 2. The van der Waals surface area contributed by atoms with Crippen LogP contribution in [0.5, 0.6) is 0 Å². The third kappa shape index (κ3) is 2.95. The Morgan fingerprint density at radius 1 is 1.43 bits per heavy atom. The summed E-state index contributed by atoms with van der Waals surface area (Å²) in [4.78, 5) is 0. The standard InChI is InChI=1S/C12H20N2/c1-4-9(2)8-14-12-7-10(3)5-6-11(12)13/h5-7,9,14H,4,8,13H2,1-3H3. The van der Waals surface area contributed by atoms with Crippen molar-refractivity contribution in [2.45, 2.75) is 27.2 Å². The number of hydrogen-bond acceptors (Lipinski definition) is 2. The zero-order valence-electron chi connectivity index (χ0n) is 9.30. The summed E-state index contributed by atoms with van der Waals surface area (Å²) in [6.45, 7) is 7.50. The van der Waals surface area contributed by atoms with Gasteiger partial charge in [0.05, 0.1) is 11.4 Å². The fourth-order valence-corrected chi connectivity index (χ4v) is 1.25. The van der Waals surface area contributed by atoms with E-state index in [2.05, 4.69) is 32.2 Å². The molecule has 0 saturated heterocycles. The number of nitrogen functional groups attached to an aromatic ring is 1. The van der Waals surface area contributed by atoms with Gasteiger partial charge in [0, 0.05) is 6.54 Å². The Hall–Kier alpha value is -1.18. The zero-order valence-corrected chi connectivity index (χ0v) is 9.30. The Kier molecular flexibility index (Phi) is 3.81. The maximum Gasteiger partial charge on any atom is 0.0576 e. The lowest BCUT2D eigenvalue weighted by Crippen LogP contribution is -2.11.